The van der Waals surface area contributed by atoms with E-state index in [1.807, 2.05) is 26.0 Å². The largest absolute Gasteiger partial charge is 0.451 e. The molecule has 2 aromatic carbocycles. The highest BCUT2D eigenvalue weighted by atomic mass is 35.5. The minimum atomic E-state index is -3.27. The third-order valence-electron chi connectivity index (χ3n) is 5.87. The molecule has 2 heterocycles. The van der Waals surface area contributed by atoms with Crippen molar-refractivity contribution in [3.05, 3.63) is 69.2 Å². The molecule has 164 valence electrons. The number of nitrogens with zero attached hydrogens (tertiary/aromatic N) is 1. The molecule has 1 aliphatic rings. The Morgan fingerprint density at radius 3 is 2.65 bits per heavy atom. The second kappa shape index (κ2) is 7.95. The third-order valence-corrected chi connectivity index (χ3v) is 7.97. The van der Waals surface area contributed by atoms with Gasteiger partial charge in [-0.05, 0) is 56.5 Å². The molecule has 0 radical (unpaired) electrons. The van der Waals surface area contributed by atoms with Gasteiger partial charge in [-0.1, -0.05) is 23.7 Å². The Bertz CT molecular complexity index is 1280. The summed E-state index contributed by atoms with van der Waals surface area (Å²) in [6, 6.07) is 7.61. The first-order valence-electron chi connectivity index (χ1n) is 10.0. The van der Waals surface area contributed by atoms with E-state index < -0.39 is 27.6 Å². The van der Waals surface area contributed by atoms with Crippen LogP contribution in [0.15, 0.2) is 34.7 Å². The molecule has 0 unspecified atom stereocenters. The summed E-state index contributed by atoms with van der Waals surface area (Å²) < 4.78 is 44.7. The summed E-state index contributed by atoms with van der Waals surface area (Å²) in [4.78, 5) is 15.0. The summed E-state index contributed by atoms with van der Waals surface area (Å²) in [5, 5.41) is 1.04. The van der Waals surface area contributed by atoms with Crippen LogP contribution >= 0.6 is 11.6 Å². The summed E-state index contributed by atoms with van der Waals surface area (Å²) >= 11 is 6.20. The summed E-state index contributed by atoms with van der Waals surface area (Å²) in [5.41, 5.74) is 3.43. The molecule has 3 aromatic rings. The maximum Gasteiger partial charge on any atom is 0.290 e. The summed E-state index contributed by atoms with van der Waals surface area (Å²) in [6.45, 7) is 5.56. The highest BCUT2D eigenvalue weighted by molar-refractivity contribution is 7.91. The van der Waals surface area contributed by atoms with E-state index in [1.165, 1.54) is 17.0 Å². The molecule has 5 nitrogen and oxygen atoms in total. The minimum Gasteiger partial charge on any atom is -0.451 e. The lowest BCUT2D eigenvalue weighted by Crippen LogP contribution is -2.41. The van der Waals surface area contributed by atoms with Crippen molar-refractivity contribution in [3.63, 3.8) is 0 Å². The average molecular weight is 464 g/mol. The van der Waals surface area contributed by atoms with Crippen molar-refractivity contribution in [1.29, 1.82) is 0 Å². The molecule has 0 spiro atoms. The van der Waals surface area contributed by atoms with Gasteiger partial charge in [0.1, 0.15) is 11.4 Å². The highest BCUT2D eigenvalue weighted by Gasteiger charge is 2.37. The van der Waals surface area contributed by atoms with Crippen LogP contribution in [0.3, 0.4) is 0 Å². The second-order valence-corrected chi connectivity index (χ2v) is 10.8. The number of furan rings is 1. The van der Waals surface area contributed by atoms with Crippen molar-refractivity contribution in [3.8, 4) is 0 Å². The predicted octanol–water partition coefficient (Wildman–Crippen LogP) is 4.98. The Labute approximate surface area is 185 Å². The molecule has 1 aliphatic heterocycles. The van der Waals surface area contributed by atoms with Crippen LogP contribution in [0.5, 0.6) is 0 Å². The molecule has 1 atom stereocenters. The van der Waals surface area contributed by atoms with Crippen molar-refractivity contribution < 1.29 is 22.0 Å². The van der Waals surface area contributed by atoms with Crippen molar-refractivity contribution >= 4 is 38.3 Å². The van der Waals surface area contributed by atoms with Crippen LogP contribution in [0.2, 0.25) is 5.02 Å². The van der Waals surface area contributed by atoms with Gasteiger partial charge in [0.25, 0.3) is 5.91 Å². The zero-order valence-corrected chi connectivity index (χ0v) is 19.1. The summed E-state index contributed by atoms with van der Waals surface area (Å²) in [5.74, 6) is -1.04. The number of aryl methyl sites for hydroxylation is 3. The van der Waals surface area contributed by atoms with E-state index in [2.05, 4.69) is 0 Å². The second-order valence-electron chi connectivity index (χ2n) is 8.20. The van der Waals surface area contributed by atoms with Gasteiger partial charge in [-0.2, -0.15) is 0 Å². The molecule has 0 aliphatic carbocycles. The normalized spacial score (nSPS) is 17.9. The summed E-state index contributed by atoms with van der Waals surface area (Å²) in [7, 11) is -3.27. The smallest absolute Gasteiger partial charge is 0.290 e. The number of rotatable bonds is 4. The third kappa shape index (κ3) is 4.08. The monoisotopic (exact) mass is 463 g/mol. The van der Waals surface area contributed by atoms with E-state index in [-0.39, 0.29) is 40.8 Å². The molecule has 1 saturated heterocycles. The number of fused-ring (bicyclic) bond motifs is 1. The van der Waals surface area contributed by atoms with Crippen molar-refractivity contribution in [2.75, 3.05) is 11.5 Å². The number of carbonyl (C=O) groups is 1. The molecule has 4 rings (SSSR count). The Morgan fingerprint density at radius 1 is 1.26 bits per heavy atom. The van der Waals surface area contributed by atoms with Crippen molar-refractivity contribution in [2.45, 2.75) is 39.8 Å². The standard InChI is InChI=1S/C23H23ClFNO4S/c1-13-9-14(2)21-15(3)22(30-20(21)10-13)23(27)26(16-7-8-31(28,29)12-16)11-17-18(24)5-4-6-19(17)25/h4-6,9-10,16H,7-8,11-12H2,1-3H3/t16-/m1/s1. The molecule has 0 bridgehead atoms. The van der Waals surface area contributed by atoms with Gasteiger partial charge in [0.2, 0.25) is 0 Å². The Hall–Kier alpha value is -2.38. The van der Waals surface area contributed by atoms with Crippen LogP contribution in [-0.4, -0.2) is 36.8 Å². The van der Waals surface area contributed by atoms with Gasteiger partial charge in [0, 0.05) is 27.6 Å². The van der Waals surface area contributed by atoms with Crippen LogP contribution in [0.1, 0.15) is 39.2 Å². The molecule has 8 heteroatoms. The van der Waals surface area contributed by atoms with Gasteiger partial charge in [0.05, 0.1) is 18.1 Å². The highest BCUT2D eigenvalue weighted by Crippen LogP contribution is 2.32. The Kier molecular flexibility index (Phi) is 5.60. The summed E-state index contributed by atoms with van der Waals surface area (Å²) in [6.07, 6.45) is 0.289. The van der Waals surface area contributed by atoms with E-state index in [0.29, 0.717) is 11.1 Å². The van der Waals surface area contributed by atoms with Gasteiger partial charge in [-0.15, -0.1) is 0 Å². The van der Waals surface area contributed by atoms with Gasteiger partial charge >= 0.3 is 0 Å². The van der Waals surface area contributed by atoms with Crippen LogP contribution < -0.4 is 0 Å². The zero-order valence-electron chi connectivity index (χ0n) is 17.5. The maximum absolute atomic E-state index is 14.5. The quantitative estimate of drug-likeness (QED) is 0.547. The predicted molar refractivity (Wildman–Crippen MR) is 119 cm³/mol. The van der Waals surface area contributed by atoms with Crippen molar-refractivity contribution in [2.24, 2.45) is 0 Å². The SMILES string of the molecule is Cc1cc(C)c2c(C)c(C(=O)N(Cc3c(F)cccc3Cl)[C@@H]3CCS(=O)(=O)C3)oc2c1. The number of halogens is 2. The number of carbonyl (C=O) groups excluding carboxylic acids is 1. The van der Waals surface area contributed by atoms with Crippen LogP contribution in [-0.2, 0) is 16.4 Å². The molecule has 1 aromatic heterocycles. The first-order valence-corrected chi connectivity index (χ1v) is 12.2. The van der Waals surface area contributed by atoms with E-state index in [4.69, 9.17) is 16.0 Å². The Balaban J connectivity index is 1.80. The number of hydrogen-bond donors (Lipinski definition) is 0. The fourth-order valence-electron chi connectivity index (χ4n) is 4.37. The molecule has 0 N–H and O–H groups in total. The van der Waals surface area contributed by atoms with Crippen LogP contribution in [0.25, 0.3) is 11.0 Å². The fraction of sp³-hybridized carbons (Fsp3) is 0.348. The maximum atomic E-state index is 14.5. The molecule has 0 saturated carbocycles. The van der Waals surface area contributed by atoms with Crippen molar-refractivity contribution in [1.82, 2.24) is 4.90 Å². The van der Waals surface area contributed by atoms with Crippen LogP contribution in [0.4, 0.5) is 4.39 Å². The van der Waals surface area contributed by atoms with E-state index >= 15 is 0 Å². The topological polar surface area (TPSA) is 67.6 Å². The number of amides is 1. The van der Waals surface area contributed by atoms with Gasteiger partial charge in [0.15, 0.2) is 15.6 Å². The average Bonchev–Trinajstić information content (AvgIpc) is 3.20. The number of hydrogen-bond acceptors (Lipinski definition) is 4. The first kappa shape index (κ1) is 21.8. The molecule has 1 fully saturated rings. The minimum absolute atomic E-state index is 0.0101. The molecule has 1 amide bonds. The van der Waals surface area contributed by atoms with E-state index in [9.17, 15) is 17.6 Å². The fourth-order valence-corrected chi connectivity index (χ4v) is 6.32. The molecule has 31 heavy (non-hydrogen) atoms. The van der Waals surface area contributed by atoms with Crippen LogP contribution in [0, 0.1) is 26.6 Å². The first-order chi connectivity index (χ1) is 14.6. The zero-order chi connectivity index (χ0) is 22.5. The van der Waals surface area contributed by atoms with E-state index in [1.54, 1.807) is 13.0 Å². The van der Waals surface area contributed by atoms with Gasteiger partial charge in [-0.3, -0.25) is 4.79 Å². The number of benzene rings is 2. The lowest BCUT2D eigenvalue weighted by molar-refractivity contribution is 0.0647. The molecular formula is C23H23ClFNO4S. The van der Waals surface area contributed by atoms with E-state index in [0.717, 1.165) is 16.5 Å². The lowest BCUT2D eigenvalue weighted by Gasteiger charge is -2.28. The number of sulfone groups is 1. The lowest BCUT2D eigenvalue weighted by atomic mass is 10.0. The molecular weight excluding hydrogens is 441 g/mol. The Morgan fingerprint density at radius 2 is 2.00 bits per heavy atom. The van der Waals surface area contributed by atoms with Gasteiger partial charge in [-0.25, -0.2) is 12.8 Å². The van der Waals surface area contributed by atoms with Gasteiger partial charge < -0.3 is 9.32 Å².